The van der Waals surface area contributed by atoms with Crippen LogP contribution < -0.4 is 5.32 Å². The molecule has 108 valence electrons. The fourth-order valence-corrected chi connectivity index (χ4v) is 3.98. The van der Waals surface area contributed by atoms with Crippen molar-refractivity contribution in [1.82, 2.24) is 5.32 Å². The Morgan fingerprint density at radius 1 is 1.42 bits per heavy atom. The van der Waals surface area contributed by atoms with Gasteiger partial charge in [-0.15, -0.1) is 11.3 Å². The predicted octanol–water partition coefficient (Wildman–Crippen LogP) is 4.07. The molecule has 2 atom stereocenters. The van der Waals surface area contributed by atoms with Gasteiger partial charge >= 0.3 is 0 Å². The SMILES string of the molecule is CC1CC(OCCNCc2cccs2)CC(C)(C)C1. The highest BCUT2D eigenvalue weighted by atomic mass is 32.1. The molecular formula is C16H27NOS. The first-order valence-electron chi connectivity index (χ1n) is 7.40. The lowest BCUT2D eigenvalue weighted by atomic mass is 9.71. The number of thiophene rings is 1. The molecule has 0 amide bonds. The lowest BCUT2D eigenvalue weighted by Crippen LogP contribution is -2.34. The van der Waals surface area contributed by atoms with Crippen molar-refractivity contribution in [3.63, 3.8) is 0 Å². The van der Waals surface area contributed by atoms with Gasteiger partial charge in [-0.05, 0) is 42.0 Å². The Bertz CT molecular complexity index is 361. The number of nitrogens with one attached hydrogen (secondary N) is 1. The van der Waals surface area contributed by atoms with Gasteiger partial charge in [0.2, 0.25) is 0 Å². The van der Waals surface area contributed by atoms with Crippen molar-refractivity contribution in [3.05, 3.63) is 22.4 Å². The van der Waals surface area contributed by atoms with E-state index in [9.17, 15) is 0 Å². The summed E-state index contributed by atoms with van der Waals surface area (Å²) in [6.45, 7) is 9.84. The van der Waals surface area contributed by atoms with E-state index in [-0.39, 0.29) is 0 Å². The van der Waals surface area contributed by atoms with Gasteiger partial charge in [-0.25, -0.2) is 0 Å². The molecule has 1 aliphatic rings. The van der Waals surface area contributed by atoms with Crippen LogP contribution in [0.5, 0.6) is 0 Å². The highest BCUT2D eigenvalue weighted by Gasteiger charge is 2.32. The van der Waals surface area contributed by atoms with E-state index >= 15 is 0 Å². The molecule has 0 spiro atoms. The maximum atomic E-state index is 6.05. The van der Waals surface area contributed by atoms with Gasteiger partial charge in [-0.1, -0.05) is 26.8 Å². The van der Waals surface area contributed by atoms with Gasteiger partial charge in [-0.3, -0.25) is 0 Å². The van der Waals surface area contributed by atoms with E-state index in [0.717, 1.165) is 25.6 Å². The van der Waals surface area contributed by atoms with Crippen LogP contribution in [0.25, 0.3) is 0 Å². The van der Waals surface area contributed by atoms with E-state index in [0.29, 0.717) is 11.5 Å². The van der Waals surface area contributed by atoms with E-state index in [4.69, 9.17) is 4.74 Å². The summed E-state index contributed by atoms with van der Waals surface area (Å²) in [7, 11) is 0. The largest absolute Gasteiger partial charge is 0.377 e. The second-order valence-corrected chi connectivity index (χ2v) is 7.69. The molecule has 2 unspecified atom stereocenters. The third-order valence-electron chi connectivity index (χ3n) is 3.86. The number of hydrogen-bond acceptors (Lipinski definition) is 3. The molecule has 1 saturated carbocycles. The summed E-state index contributed by atoms with van der Waals surface area (Å²) in [6.07, 6.45) is 4.24. The molecule has 2 nitrogen and oxygen atoms in total. The molecule has 0 aromatic carbocycles. The molecule has 0 bridgehead atoms. The Labute approximate surface area is 121 Å². The summed E-state index contributed by atoms with van der Waals surface area (Å²) in [5.41, 5.74) is 0.451. The molecule has 0 saturated heterocycles. The molecule has 3 heteroatoms. The minimum absolute atomic E-state index is 0.451. The van der Waals surface area contributed by atoms with Crippen molar-refractivity contribution >= 4 is 11.3 Å². The second kappa shape index (κ2) is 6.87. The molecule has 1 aromatic rings. The monoisotopic (exact) mass is 281 g/mol. The molecule has 2 rings (SSSR count). The van der Waals surface area contributed by atoms with Crippen molar-refractivity contribution in [1.29, 1.82) is 0 Å². The summed E-state index contributed by atoms with van der Waals surface area (Å²) in [4.78, 5) is 1.40. The first-order valence-corrected chi connectivity index (χ1v) is 8.28. The normalized spacial score (nSPS) is 26.5. The van der Waals surface area contributed by atoms with Gasteiger partial charge < -0.3 is 10.1 Å². The fraction of sp³-hybridized carbons (Fsp3) is 0.750. The predicted molar refractivity (Wildman–Crippen MR) is 82.6 cm³/mol. The van der Waals surface area contributed by atoms with Crippen molar-refractivity contribution in [2.24, 2.45) is 11.3 Å². The number of hydrogen-bond donors (Lipinski definition) is 1. The van der Waals surface area contributed by atoms with Crippen LogP contribution in [-0.4, -0.2) is 19.3 Å². The van der Waals surface area contributed by atoms with Gasteiger partial charge in [0.15, 0.2) is 0 Å². The molecule has 1 fully saturated rings. The van der Waals surface area contributed by atoms with E-state index in [1.807, 2.05) is 0 Å². The van der Waals surface area contributed by atoms with Crippen LogP contribution in [0.1, 0.15) is 44.9 Å². The van der Waals surface area contributed by atoms with E-state index in [1.165, 1.54) is 24.1 Å². The van der Waals surface area contributed by atoms with Gasteiger partial charge in [0, 0.05) is 18.0 Å². The molecule has 1 heterocycles. The van der Waals surface area contributed by atoms with Crippen molar-refractivity contribution in [2.75, 3.05) is 13.2 Å². The molecule has 0 aliphatic heterocycles. The zero-order chi connectivity index (χ0) is 13.7. The highest BCUT2D eigenvalue weighted by Crippen LogP contribution is 2.39. The average molecular weight is 281 g/mol. The smallest absolute Gasteiger partial charge is 0.0594 e. The number of ether oxygens (including phenoxy) is 1. The maximum absolute atomic E-state index is 6.05. The first-order chi connectivity index (χ1) is 9.05. The van der Waals surface area contributed by atoms with Crippen LogP contribution >= 0.6 is 11.3 Å². The van der Waals surface area contributed by atoms with Crippen LogP contribution in [0.15, 0.2) is 17.5 Å². The molecule has 1 aliphatic carbocycles. The highest BCUT2D eigenvalue weighted by molar-refractivity contribution is 7.09. The van der Waals surface area contributed by atoms with Crippen molar-refractivity contribution < 1.29 is 4.74 Å². The third kappa shape index (κ3) is 5.25. The molecule has 19 heavy (non-hydrogen) atoms. The van der Waals surface area contributed by atoms with Gasteiger partial charge in [-0.2, -0.15) is 0 Å². The lowest BCUT2D eigenvalue weighted by Gasteiger charge is -2.38. The van der Waals surface area contributed by atoms with Crippen LogP contribution in [0.4, 0.5) is 0 Å². The summed E-state index contributed by atoms with van der Waals surface area (Å²) in [6, 6.07) is 4.27. The molecule has 1 N–H and O–H groups in total. The minimum Gasteiger partial charge on any atom is -0.377 e. The number of rotatable bonds is 6. The van der Waals surface area contributed by atoms with Crippen LogP contribution in [0.2, 0.25) is 0 Å². The van der Waals surface area contributed by atoms with Crippen molar-refractivity contribution in [2.45, 2.75) is 52.7 Å². The molecular weight excluding hydrogens is 254 g/mol. The van der Waals surface area contributed by atoms with E-state index in [1.54, 1.807) is 11.3 Å². The standard InChI is InChI=1S/C16H27NOS/c1-13-9-14(11-16(2,3)10-13)18-7-6-17-12-15-5-4-8-19-15/h4-5,8,13-14,17H,6-7,9-12H2,1-3H3. The van der Waals surface area contributed by atoms with Gasteiger partial charge in [0.25, 0.3) is 0 Å². The van der Waals surface area contributed by atoms with Crippen molar-refractivity contribution in [3.8, 4) is 0 Å². The lowest BCUT2D eigenvalue weighted by molar-refractivity contribution is -0.0213. The topological polar surface area (TPSA) is 21.3 Å². The summed E-state index contributed by atoms with van der Waals surface area (Å²) < 4.78 is 6.05. The average Bonchev–Trinajstić information content (AvgIpc) is 2.78. The third-order valence-corrected chi connectivity index (χ3v) is 4.73. The summed E-state index contributed by atoms with van der Waals surface area (Å²) in [5, 5.41) is 5.57. The van der Waals surface area contributed by atoms with Crippen LogP contribution in [0, 0.1) is 11.3 Å². The zero-order valence-corrected chi connectivity index (χ0v) is 13.3. The quantitative estimate of drug-likeness (QED) is 0.794. The first kappa shape index (κ1) is 15.0. The second-order valence-electron chi connectivity index (χ2n) is 6.66. The van der Waals surface area contributed by atoms with E-state index < -0.39 is 0 Å². The Morgan fingerprint density at radius 2 is 2.26 bits per heavy atom. The Morgan fingerprint density at radius 3 is 2.95 bits per heavy atom. The minimum atomic E-state index is 0.451. The molecule has 1 aromatic heterocycles. The van der Waals surface area contributed by atoms with Crippen LogP contribution in [0.3, 0.4) is 0 Å². The van der Waals surface area contributed by atoms with Gasteiger partial charge in [0.05, 0.1) is 12.7 Å². The van der Waals surface area contributed by atoms with Crippen LogP contribution in [-0.2, 0) is 11.3 Å². The summed E-state index contributed by atoms with van der Waals surface area (Å²) >= 11 is 1.81. The summed E-state index contributed by atoms with van der Waals surface area (Å²) in [5.74, 6) is 0.799. The van der Waals surface area contributed by atoms with Gasteiger partial charge in [0.1, 0.15) is 0 Å². The Kier molecular flexibility index (Phi) is 5.43. The molecule has 0 radical (unpaired) electrons. The fourth-order valence-electron chi connectivity index (χ4n) is 3.31. The Balaban J connectivity index is 1.60. The van der Waals surface area contributed by atoms with E-state index in [2.05, 4.69) is 43.6 Å². The zero-order valence-electron chi connectivity index (χ0n) is 12.4. The maximum Gasteiger partial charge on any atom is 0.0594 e. The Hall–Kier alpha value is -0.380.